The highest BCUT2D eigenvalue weighted by atomic mass is 19.1. The smallest absolute Gasteiger partial charge is 0.248 e. The molecule has 0 radical (unpaired) electrons. The number of halogens is 1. The van der Waals surface area contributed by atoms with Crippen LogP contribution in [0.1, 0.15) is 6.92 Å². The van der Waals surface area contributed by atoms with E-state index in [4.69, 9.17) is 0 Å². The lowest BCUT2D eigenvalue weighted by Gasteiger charge is -2.04. The number of carbonyl (C=O) groups is 2. The van der Waals surface area contributed by atoms with Crippen LogP contribution in [0, 0.1) is 5.82 Å². The molecule has 0 aliphatic heterocycles. The van der Waals surface area contributed by atoms with E-state index in [1.165, 1.54) is 31.2 Å². The largest absolute Gasteiger partial charge is 0.545 e. The summed E-state index contributed by atoms with van der Waals surface area (Å²) in [5, 5.41) is 12.7. The van der Waals surface area contributed by atoms with Gasteiger partial charge in [-0.3, -0.25) is 4.79 Å². The van der Waals surface area contributed by atoms with Crippen LogP contribution in [0.3, 0.4) is 0 Å². The van der Waals surface area contributed by atoms with E-state index < -0.39 is 17.7 Å². The molecule has 0 aliphatic rings. The zero-order valence-corrected chi connectivity index (χ0v) is 8.49. The standard InChI is InChI=1S/C11H10FNO3/c1-7(11(15)16)6-10(14)13-9-4-2-8(12)3-5-9/h2-6H,1H3,(H,13,14)(H,15,16)/p-1. The van der Waals surface area contributed by atoms with E-state index in [2.05, 4.69) is 5.32 Å². The van der Waals surface area contributed by atoms with Crippen LogP contribution >= 0.6 is 0 Å². The predicted octanol–water partition coefficient (Wildman–Crippen LogP) is 0.460. The molecule has 0 heterocycles. The molecule has 1 aromatic carbocycles. The van der Waals surface area contributed by atoms with Crippen LogP contribution in [0.4, 0.5) is 10.1 Å². The van der Waals surface area contributed by atoms with Gasteiger partial charge in [0.1, 0.15) is 5.82 Å². The van der Waals surface area contributed by atoms with Gasteiger partial charge in [-0.05, 0) is 36.8 Å². The van der Waals surface area contributed by atoms with Crippen molar-refractivity contribution in [2.45, 2.75) is 6.92 Å². The summed E-state index contributed by atoms with van der Waals surface area (Å²) in [6.07, 6.45) is 0.901. The highest BCUT2D eigenvalue weighted by molar-refractivity contribution is 6.03. The fourth-order valence-electron chi connectivity index (χ4n) is 0.967. The number of amides is 1. The molecule has 5 heteroatoms. The molecule has 1 amide bonds. The zero-order valence-electron chi connectivity index (χ0n) is 8.49. The number of aliphatic carboxylic acids is 1. The molecule has 4 nitrogen and oxygen atoms in total. The number of benzene rings is 1. The van der Waals surface area contributed by atoms with Gasteiger partial charge in [0.25, 0.3) is 0 Å². The summed E-state index contributed by atoms with van der Waals surface area (Å²) in [6.45, 7) is 1.25. The molecule has 0 fully saturated rings. The van der Waals surface area contributed by atoms with Crippen LogP contribution in [-0.4, -0.2) is 11.9 Å². The summed E-state index contributed by atoms with van der Waals surface area (Å²) >= 11 is 0. The quantitative estimate of drug-likeness (QED) is 0.755. The zero-order chi connectivity index (χ0) is 12.1. The summed E-state index contributed by atoms with van der Waals surface area (Å²) in [4.78, 5) is 21.6. The monoisotopic (exact) mass is 222 g/mol. The Morgan fingerprint density at radius 2 is 1.88 bits per heavy atom. The second-order valence-corrected chi connectivity index (χ2v) is 3.11. The fraction of sp³-hybridized carbons (Fsp3) is 0.0909. The molecule has 0 saturated heterocycles. The summed E-state index contributed by atoms with van der Waals surface area (Å²) in [5.74, 6) is -2.43. The maximum Gasteiger partial charge on any atom is 0.248 e. The van der Waals surface area contributed by atoms with Crippen molar-refractivity contribution in [1.29, 1.82) is 0 Å². The molecule has 0 saturated carbocycles. The van der Waals surface area contributed by atoms with Crippen molar-refractivity contribution in [3.8, 4) is 0 Å². The molecular formula is C11H9FNO3-. The van der Waals surface area contributed by atoms with E-state index in [1.807, 2.05) is 0 Å². The SMILES string of the molecule is CC(=CC(=O)Nc1ccc(F)cc1)C(=O)[O-]. The predicted molar refractivity (Wildman–Crippen MR) is 53.8 cm³/mol. The van der Waals surface area contributed by atoms with Crippen LogP contribution in [0.25, 0.3) is 0 Å². The molecule has 0 aliphatic carbocycles. The normalized spacial score (nSPS) is 11.0. The van der Waals surface area contributed by atoms with Crippen LogP contribution in [0.2, 0.25) is 0 Å². The van der Waals surface area contributed by atoms with E-state index >= 15 is 0 Å². The highest BCUT2D eigenvalue weighted by Crippen LogP contribution is 2.08. The second kappa shape index (κ2) is 5.06. The van der Waals surface area contributed by atoms with E-state index in [1.54, 1.807) is 0 Å². The van der Waals surface area contributed by atoms with Gasteiger partial charge in [0.2, 0.25) is 5.91 Å². The number of rotatable bonds is 3. The average molecular weight is 222 g/mol. The Hall–Kier alpha value is -2.17. The molecular weight excluding hydrogens is 213 g/mol. The Morgan fingerprint density at radius 3 is 2.38 bits per heavy atom. The van der Waals surface area contributed by atoms with E-state index in [-0.39, 0.29) is 5.57 Å². The Kier molecular flexibility index (Phi) is 3.77. The fourth-order valence-corrected chi connectivity index (χ4v) is 0.967. The third-order valence-corrected chi connectivity index (χ3v) is 1.78. The number of anilines is 1. The Balaban J connectivity index is 2.68. The van der Waals surface area contributed by atoms with Crippen LogP contribution in [-0.2, 0) is 9.59 Å². The van der Waals surface area contributed by atoms with Gasteiger partial charge in [-0.25, -0.2) is 4.39 Å². The molecule has 0 bridgehead atoms. The van der Waals surface area contributed by atoms with Crippen LogP contribution in [0.5, 0.6) is 0 Å². The molecule has 1 N–H and O–H groups in total. The Labute approximate surface area is 91.4 Å². The summed E-state index contributed by atoms with van der Waals surface area (Å²) in [7, 11) is 0. The van der Waals surface area contributed by atoms with Crippen molar-refractivity contribution in [3.05, 3.63) is 41.7 Å². The van der Waals surface area contributed by atoms with Crippen LogP contribution < -0.4 is 10.4 Å². The van der Waals surface area contributed by atoms with Crippen molar-refractivity contribution < 1.29 is 19.1 Å². The first-order chi connectivity index (χ1) is 7.49. The lowest BCUT2D eigenvalue weighted by atomic mass is 10.2. The van der Waals surface area contributed by atoms with Crippen molar-refractivity contribution in [2.75, 3.05) is 5.32 Å². The maximum absolute atomic E-state index is 12.5. The molecule has 0 spiro atoms. The van der Waals surface area contributed by atoms with Gasteiger partial charge in [-0.2, -0.15) is 0 Å². The van der Waals surface area contributed by atoms with Crippen molar-refractivity contribution in [3.63, 3.8) is 0 Å². The van der Waals surface area contributed by atoms with Crippen molar-refractivity contribution in [1.82, 2.24) is 0 Å². The number of carboxylic acids is 1. The van der Waals surface area contributed by atoms with Gasteiger partial charge in [0.05, 0.1) is 5.97 Å². The number of carboxylic acid groups (broad SMARTS) is 1. The highest BCUT2D eigenvalue weighted by Gasteiger charge is 2.00. The Bertz CT molecular complexity index is 437. The summed E-state index contributed by atoms with van der Waals surface area (Å²) in [6, 6.07) is 5.11. The van der Waals surface area contributed by atoms with Crippen molar-refractivity contribution in [2.24, 2.45) is 0 Å². The van der Waals surface area contributed by atoms with Crippen LogP contribution in [0.15, 0.2) is 35.9 Å². The first kappa shape index (κ1) is 11.9. The number of carbonyl (C=O) groups excluding carboxylic acids is 2. The molecule has 0 atom stereocenters. The van der Waals surface area contributed by atoms with E-state index in [0.29, 0.717) is 5.69 Å². The van der Waals surface area contributed by atoms with E-state index in [0.717, 1.165) is 6.08 Å². The minimum atomic E-state index is -1.41. The molecule has 84 valence electrons. The molecule has 0 aromatic heterocycles. The van der Waals surface area contributed by atoms with Gasteiger partial charge in [-0.15, -0.1) is 0 Å². The van der Waals surface area contributed by atoms with Gasteiger partial charge in [0.15, 0.2) is 0 Å². The third-order valence-electron chi connectivity index (χ3n) is 1.78. The number of nitrogens with one attached hydrogen (secondary N) is 1. The average Bonchev–Trinajstić information content (AvgIpc) is 2.21. The second-order valence-electron chi connectivity index (χ2n) is 3.11. The van der Waals surface area contributed by atoms with Gasteiger partial charge in [-0.1, -0.05) is 0 Å². The summed E-state index contributed by atoms with van der Waals surface area (Å²) in [5.41, 5.74) is 0.202. The lowest BCUT2D eigenvalue weighted by molar-refractivity contribution is -0.299. The van der Waals surface area contributed by atoms with Crippen molar-refractivity contribution >= 4 is 17.6 Å². The summed E-state index contributed by atoms with van der Waals surface area (Å²) < 4.78 is 12.5. The molecule has 1 rings (SSSR count). The molecule has 16 heavy (non-hydrogen) atoms. The first-order valence-electron chi connectivity index (χ1n) is 4.45. The minimum absolute atomic E-state index is 0.181. The lowest BCUT2D eigenvalue weighted by Crippen LogP contribution is -2.24. The first-order valence-corrected chi connectivity index (χ1v) is 4.45. The van der Waals surface area contributed by atoms with Gasteiger partial charge < -0.3 is 15.2 Å². The minimum Gasteiger partial charge on any atom is -0.545 e. The third kappa shape index (κ3) is 3.53. The van der Waals surface area contributed by atoms with Gasteiger partial charge >= 0.3 is 0 Å². The van der Waals surface area contributed by atoms with E-state index in [9.17, 15) is 19.1 Å². The topological polar surface area (TPSA) is 69.2 Å². The number of hydrogen-bond acceptors (Lipinski definition) is 3. The van der Waals surface area contributed by atoms with Gasteiger partial charge in [0, 0.05) is 11.8 Å². The number of hydrogen-bond donors (Lipinski definition) is 1. The Morgan fingerprint density at radius 1 is 1.31 bits per heavy atom. The maximum atomic E-state index is 12.5. The molecule has 1 aromatic rings. The molecule has 0 unspecified atom stereocenters.